The second-order valence-electron chi connectivity index (χ2n) is 8.53. The molecule has 7 nitrogen and oxygen atoms in total. The van der Waals surface area contributed by atoms with Gasteiger partial charge in [0.2, 0.25) is 0 Å². The van der Waals surface area contributed by atoms with E-state index in [-0.39, 0.29) is 5.91 Å². The van der Waals surface area contributed by atoms with Crippen molar-refractivity contribution in [2.75, 3.05) is 13.1 Å². The van der Waals surface area contributed by atoms with Gasteiger partial charge in [0.25, 0.3) is 5.91 Å². The smallest absolute Gasteiger partial charge is 0.263 e. The number of carbonyl (C=O) groups excluding carboxylic acids is 1. The third-order valence-electron chi connectivity index (χ3n) is 5.83. The van der Waals surface area contributed by atoms with Crippen molar-refractivity contribution < 1.29 is 4.79 Å². The quantitative estimate of drug-likeness (QED) is 0.412. The monoisotopic (exact) mass is 470 g/mol. The normalized spacial score (nSPS) is 13.7. The molecule has 0 unspecified atom stereocenters. The molecule has 0 atom stereocenters. The average molecular weight is 471 g/mol. The van der Waals surface area contributed by atoms with E-state index in [1.54, 1.807) is 12.4 Å². The van der Waals surface area contributed by atoms with Gasteiger partial charge in [-0.2, -0.15) is 0 Å². The predicted octanol–water partition coefficient (Wildman–Crippen LogP) is 4.51. The van der Waals surface area contributed by atoms with Crippen LogP contribution in [-0.4, -0.2) is 48.8 Å². The molecule has 0 bridgehead atoms. The van der Waals surface area contributed by atoms with E-state index in [2.05, 4.69) is 19.9 Å². The summed E-state index contributed by atoms with van der Waals surface area (Å²) in [5, 5.41) is 2.04. The lowest BCUT2D eigenvalue weighted by Crippen LogP contribution is -2.35. The lowest BCUT2D eigenvalue weighted by Gasteiger charge is -2.26. The van der Waals surface area contributed by atoms with Crippen molar-refractivity contribution in [2.24, 2.45) is 0 Å². The van der Waals surface area contributed by atoms with E-state index in [4.69, 9.17) is 4.98 Å². The molecule has 8 heteroatoms. The Labute approximate surface area is 203 Å². The van der Waals surface area contributed by atoms with Crippen LogP contribution in [0.3, 0.4) is 0 Å². The van der Waals surface area contributed by atoms with Gasteiger partial charge < -0.3 is 4.90 Å². The van der Waals surface area contributed by atoms with Crippen LogP contribution >= 0.6 is 11.3 Å². The van der Waals surface area contributed by atoms with Crippen LogP contribution in [0, 0.1) is 6.92 Å². The molecule has 0 aliphatic carbocycles. The topological polar surface area (TPSA) is 84.8 Å². The van der Waals surface area contributed by atoms with Crippen LogP contribution in [0.15, 0.2) is 54.2 Å². The van der Waals surface area contributed by atoms with Gasteiger partial charge in [-0.3, -0.25) is 4.79 Å². The van der Waals surface area contributed by atoms with E-state index >= 15 is 0 Å². The zero-order valence-corrected chi connectivity index (χ0v) is 20.0. The standard InChI is InChI=1S/C26H26N6OS/c1-18-6-5-7-22(29-18)25-28-11-9-21(31-25)16-20-8-10-27-24(30-20)15-19-14-23(34-17-19)26(33)32-12-3-2-4-13-32/h5-11,14,17H,2-4,12-13,15-16H2,1H3. The number of likely N-dealkylation sites (tertiary alicyclic amines) is 1. The van der Waals surface area contributed by atoms with Crippen molar-refractivity contribution in [1.82, 2.24) is 29.8 Å². The molecular weight excluding hydrogens is 444 g/mol. The van der Waals surface area contributed by atoms with Crippen LogP contribution in [0.2, 0.25) is 0 Å². The number of hydrogen-bond acceptors (Lipinski definition) is 7. The first-order valence-electron chi connectivity index (χ1n) is 11.6. The zero-order valence-electron chi connectivity index (χ0n) is 19.1. The number of amides is 1. The number of piperidine rings is 1. The average Bonchev–Trinajstić information content (AvgIpc) is 3.33. The van der Waals surface area contributed by atoms with E-state index in [9.17, 15) is 4.79 Å². The highest BCUT2D eigenvalue weighted by Crippen LogP contribution is 2.21. The van der Waals surface area contributed by atoms with Gasteiger partial charge in [-0.1, -0.05) is 6.07 Å². The van der Waals surface area contributed by atoms with Crippen LogP contribution in [0.5, 0.6) is 0 Å². The summed E-state index contributed by atoms with van der Waals surface area (Å²) < 4.78 is 0. The van der Waals surface area contributed by atoms with Gasteiger partial charge in [-0.05, 0) is 67.5 Å². The van der Waals surface area contributed by atoms with Gasteiger partial charge in [0, 0.05) is 44.0 Å². The van der Waals surface area contributed by atoms with Crippen LogP contribution < -0.4 is 0 Å². The molecule has 5 heterocycles. The summed E-state index contributed by atoms with van der Waals surface area (Å²) in [6.45, 7) is 3.68. The molecule has 0 N–H and O–H groups in total. The fourth-order valence-corrected chi connectivity index (χ4v) is 4.99. The molecule has 1 aliphatic heterocycles. The molecule has 1 aliphatic rings. The van der Waals surface area contributed by atoms with Gasteiger partial charge in [-0.15, -0.1) is 11.3 Å². The number of aryl methyl sites for hydroxylation is 1. The number of aromatic nitrogens is 5. The number of hydrogen-bond donors (Lipinski definition) is 0. The van der Waals surface area contributed by atoms with Crippen molar-refractivity contribution in [1.29, 1.82) is 0 Å². The Hall–Kier alpha value is -3.52. The first kappa shape index (κ1) is 22.3. The van der Waals surface area contributed by atoms with Gasteiger partial charge in [-0.25, -0.2) is 24.9 Å². The second kappa shape index (κ2) is 10.2. The zero-order chi connectivity index (χ0) is 23.3. The van der Waals surface area contributed by atoms with E-state index in [1.807, 2.05) is 53.6 Å². The molecule has 0 radical (unpaired) electrons. The maximum Gasteiger partial charge on any atom is 0.263 e. The Balaban J connectivity index is 1.27. The van der Waals surface area contributed by atoms with Gasteiger partial charge in [0.15, 0.2) is 5.82 Å². The van der Waals surface area contributed by atoms with Crippen LogP contribution in [0.25, 0.3) is 11.5 Å². The summed E-state index contributed by atoms with van der Waals surface area (Å²) in [7, 11) is 0. The van der Waals surface area contributed by atoms with Crippen molar-refractivity contribution in [3.05, 3.63) is 87.5 Å². The van der Waals surface area contributed by atoms with Gasteiger partial charge in [0.05, 0.1) is 16.3 Å². The Morgan fingerprint density at radius 1 is 0.941 bits per heavy atom. The highest BCUT2D eigenvalue weighted by molar-refractivity contribution is 7.12. The molecule has 0 aromatic carbocycles. The van der Waals surface area contributed by atoms with Crippen molar-refractivity contribution in [3.63, 3.8) is 0 Å². The first-order chi connectivity index (χ1) is 16.6. The Bertz CT molecular complexity index is 1300. The molecule has 1 amide bonds. The third kappa shape index (κ3) is 5.34. The van der Waals surface area contributed by atoms with Crippen LogP contribution in [0.4, 0.5) is 0 Å². The fourth-order valence-electron chi connectivity index (χ4n) is 4.11. The van der Waals surface area contributed by atoms with E-state index in [0.29, 0.717) is 18.7 Å². The lowest BCUT2D eigenvalue weighted by molar-refractivity contribution is 0.0729. The Morgan fingerprint density at radius 3 is 2.56 bits per heavy atom. The van der Waals surface area contributed by atoms with Crippen molar-refractivity contribution in [3.8, 4) is 11.5 Å². The van der Waals surface area contributed by atoms with Crippen molar-refractivity contribution in [2.45, 2.75) is 39.0 Å². The number of carbonyl (C=O) groups is 1. The molecule has 0 saturated carbocycles. The molecule has 1 saturated heterocycles. The minimum absolute atomic E-state index is 0.147. The third-order valence-corrected chi connectivity index (χ3v) is 6.79. The summed E-state index contributed by atoms with van der Waals surface area (Å²) >= 11 is 1.51. The first-order valence-corrected chi connectivity index (χ1v) is 12.5. The Kier molecular flexibility index (Phi) is 6.67. The van der Waals surface area contributed by atoms with Crippen LogP contribution in [0.1, 0.15) is 57.4 Å². The SMILES string of the molecule is Cc1cccc(-c2nccc(Cc3ccnc(Cc4csc(C(=O)N5CCCCC5)c4)n3)n2)n1. The molecular formula is C26H26N6OS. The summed E-state index contributed by atoms with van der Waals surface area (Å²) in [6.07, 6.45) is 8.13. The summed E-state index contributed by atoms with van der Waals surface area (Å²) in [6, 6.07) is 11.6. The molecule has 1 fully saturated rings. The molecule has 34 heavy (non-hydrogen) atoms. The van der Waals surface area contributed by atoms with Gasteiger partial charge >= 0.3 is 0 Å². The molecule has 4 aromatic heterocycles. The van der Waals surface area contributed by atoms with Gasteiger partial charge in [0.1, 0.15) is 11.5 Å². The summed E-state index contributed by atoms with van der Waals surface area (Å²) in [5.41, 5.74) is 4.53. The molecule has 0 spiro atoms. The predicted molar refractivity (Wildman–Crippen MR) is 132 cm³/mol. The summed E-state index contributed by atoms with van der Waals surface area (Å²) in [4.78, 5) is 38.3. The van der Waals surface area contributed by atoms with Crippen molar-refractivity contribution >= 4 is 17.2 Å². The number of thiophene rings is 1. The maximum atomic E-state index is 12.8. The van der Waals surface area contributed by atoms with E-state index in [0.717, 1.165) is 65.0 Å². The van der Waals surface area contributed by atoms with E-state index in [1.165, 1.54) is 17.8 Å². The minimum Gasteiger partial charge on any atom is -0.338 e. The maximum absolute atomic E-state index is 12.8. The molecule has 172 valence electrons. The number of rotatable bonds is 6. The minimum atomic E-state index is 0.147. The number of nitrogens with zero attached hydrogens (tertiary/aromatic N) is 6. The number of pyridine rings is 1. The fraction of sp³-hybridized carbons (Fsp3) is 0.308. The van der Waals surface area contributed by atoms with Crippen LogP contribution in [-0.2, 0) is 12.8 Å². The largest absolute Gasteiger partial charge is 0.338 e. The summed E-state index contributed by atoms with van der Waals surface area (Å²) in [5.74, 6) is 1.50. The van der Waals surface area contributed by atoms with E-state index < -0.39 is 0 Å². The molecule has 5 rings (SSSR count). The highest BCUT2D eigenvalue weighted by Gasteiger charge is 2.20. The molecule has 4 aromatic rings. The lowest BCUT2D eigenvalue weighted by atomic mass is 10.1. The second-order valence-corrected chi connectivity index (χ2v) is 9.44. The highest BCUT2D eigenvalue weighted by atomic mass is 32.1. The Morgan fingerprint density at radius 2 is 1.74 bits per heavy atom.